The lowest BCUT2D eigenvalue weighted by Gasteiger charge is -2.26. The zero-order valence-electron chi connectivity index (χ0n) is 14.3. The van der Waals surface area contributed by atoms with Crippen molar-refractivity contribution in [1.82, 2.24) is 9.88 Å². The van der Waals surface area contributed by atoms with Crippen molar-refractivity contribution in [1.29, 1.82) is 0 Å². The Kier molecular flexibility index (Phi) is 4.29. The van der Waals surface area contributed by atoms with Crippen LogP contribution in [0.25, 0.3) is 11.3 Å². The number of rotatable bonds is 4. The van der Waals surface area contributed by atoms with Crippen molar-refractivity contribution in [3.8, 4) is 11.3 Å². The summed E-state index contributed by atoms with van der Waals surface area (Å²) in [6.07, 6.45) is 3.85. The molecule has 6 heteroatoms. The van der Waals surface area contributed by atoms with Crippen LogP contribution in [0.3, 0.4) is 0 Å². The van der Waals surface area contributed by atoms with Crippen LogP contribution in [-0.4, -0.2) is 41.8 Å². The lowest BCUT2D eigenvalue weighted by atomic mass is 9.98. The first-order valence-electron chi connectivity index (χ1n) is 8.74. The Bertz CT molecular complexity index is 830. The van der Waals surface area contributed by atoms with Crippen molar-refractivity contribution in [2.75, 3.05) is 25.0 Å². The van der Waals surface area contributed by atoms with Crippen LogP contribution >= 0.6 is 11.3 Å². The Labute approximate surface area is 151 Å². The molecule has 2 aliphatic heterocycles. The monoisotopic (exact) mass is 355 g/mol. The summed E-state index contributed by atoms with van der Waals surface area (Å²) in [4.78, 5) is 31.9. The molecule has 2 amide bonds. The summed E-state index contributed by atoms with van der Waals surface area (Å²) in [5.41, 5.74) is 4.29. The van der Waals surface area contributed by atoms with E-state index in [-0.39, 0.29) is 11.8 Å². The van der Waals surface area contributed by atoms with E-state index in [1.54, 1.807) is 16.2 Å². The molecule has 2 aliphatic rings. The highest BCUT2D eigenvalue weighted by Gasteiger charge is 2.22. The fourth-order valence-electron chi connectivity index (χ4n) is 3.55. The minimum Gasteiger partial charge on any atom is -0.342 e. The second-order valence-corrected chi connectivity index (χ2v) is 7.60. The summed E-state index contributed by atoms with van der Waals surface area (Å²) in [6, 6.07) is 6.21. The van der Waals surface area contributed by atoms with Gasteiger partial charge in [0.25, 0.3) is 0 Å². The van der Waals surface area contributed by atoms with Gasteiger partial charge in [-0.3, -0.25) is 9.59 Å². The van der Waals surface area contributed by atoms with E-state index in [0.717, 1.165) is 54.3 Å². The van der Waals surface area contributed by atoms with Gasteiger partial charge in [-0.2, -0.15) is 0 Å². The number of hydrogen-bond donors (Lipinski definition) is 0. The van der Waals surface area contributed by atoms with Crippen molar-refractivity contribution in [2.24, 2.45) is 0 Å². The molecule has 1 fully saturated rings. The quantitative estimate of drug-likeness (QED) is 0.847. The number of carbonyl (C=O) groups excluding carboxylic acids is 2. The lowest BCUT2D eigenvalue weighted by molar-refractivity contribution is -0.127. The van der Waals surface area contributed by atoms with Gasteiger partial charge in [-0.15, -0.1) is 11.3 Å². The number of fused-ring (bicyclic) bond motifs is 1. The third kappa shape index (κ3) is 3.18. The molecule has 25 heavy (non-hydrogen) atoms. The normalized spacial score (nSPS) is 17.3. The maximum atomic E-state index is 11.8. The van der Waals surface area contributed by atoms with E-state index < -0.39 is 0 Å². The molecule has 0 spiro atoms. The number of nitrogens with zero attached hydrogens (tertiary/aromatic N) is 3. The second kappa shape index (κ2) is 6.59. The Morgan fingerprint density at radius 1 is 1.16 bits per heavy atom. The van der Waals surface area contributed by atoms with E-state index in [0.29, 0.717) is 12.8 Å². The zero-order chi connectivity index (χ0) is 17.4. The van der Waals surface area contributed by atoms with Crippen LogP contribution in [0, 0.1) is 0 Å². The molecule has 0 unspecified atom stereocenters. The number of aromatic nitrogens is 1. The first-order chi connectivity index (χ1) is 12.1. The van der Waals surface area contributed by atoms with Crippen molar-refractivity contribution in [3.63, 3.8) is 0 Å². The summed E-state index contributed by atoms with van der Waals surface area (Å²) < 4.78 is 0. The van der Waals surface area contributed by atoms with E-state index in [1.165, 1.54) is 5.56 Å². The number of carbonyl (C=O) groups is 2. The number of amides is 2. The van der Waals surface area contributed by atoms with Crippen molar-refractivity contribution in [2.45, 2.75) is 32.1 Å². The molecule has 130 valence electrons. The van der Waals surface area contributed by atoms with E-state index in [9.17, 15) is 9.59 Å². The summed E-state index contributed by atoms with van der Waals surface area (Å²) in [5, 5.41) is 3.15. The van der Waals surface area contributed by atoms with Crippen LogP contribution in [0.5, 0.6) is 0 Å². The summed E-state index contributed by atoms with van der Waals surface area (Å²) >= 11 is 1.65. The Balaban J connectivity index is 1.48. The predicted molar refractivity (Wildman–Crippen MR) is 98.8 cm³/mol. The fourth-order valence-corrected chi connectivity index (χ4v) is 4.34. The highest BCUT2D eigenvalue weighted by atomic mass is 32.1. The largest absolute Gasteiger partial charge is 0.342 e. The van der Waals surface area contributed by atoms with Crippen LogP contribution in [0.1, 0.15) is 29.8 Å². The molecule has 0 bridgehead atoms. The van der Waals surface area contributed by atoms with Crippen LogP contribution in [0.2, 0.25) is 0 Å². The number of thiazole rings is 1. The molecule has 0 aliphatic carbocycles. The summed E-state index contributed by atoms with van der Waals surface area (Å²) in [5.74, 6) is 0.442. The lowest BCUT2D eigenvalue weighted by Crippen LogP contribution is -2.30. The smallest absolute Gasteiger partial charge is 0.227 e. The maximum absolute atomic E-state index is 11.8. The van der Waals surface area contributed by atoms with Gasteiger partial charge in [-0.05, 0) is 30.5 Å². The number of likely N-dealkylation sites (tertiary alicyclic amines) is 1. The second-order valence-electron chi connectivity index (χ2n) is 6.66. The van der Waals surface area contributed by atoms with Crippen molar-refractivity contribution in [3.05, 3.63) is 34.2 Å². The standard InChI is InChI=1S/C19H21N3O2S/c1-21-16-6-4-13(11-14(16)5-7-18(21)23)15-12-25-17(20-15)8-10-22-9-2-3-19(22)24/h4,6,11-12H,2-3,5,7-10H2,1H3. The molecule has 0 saturated carbocycles. The Morgan fingerprint density at radius 2 is 2.04 bits per heavy atom. The van der Waals surface area contributed by atoms with E-state index in [1.807, 2.05) is 24.1 Å². The number of hydrogen-bond acceptors (Lipinski definition) is 4. The van der Waals surface area contributed by atoms with Gasteiger partial charge in [0.1, 0.15) is 0 Å². The predicted octanol–water partition coefficient (Wildman–Crippen LogP) is 2.88. The van der Waals surface area contributed by atoms with Crippen LogP contribution in [0.15, 0.2) is 23.6 Å². The average Bonchev–Trinajstić information content (AvgIpc) is 3.25. The number of anilines is 1. The van der Waals surface area contributed by atoms with Gasteiger partial charge < -0.3 is 9.80 Å². The topological polar surface area (TPSA) is 53.5 Å². The average molecular weight is 355 g/mol. The Morgan fingerprint density at radius 3 is 2.84 bits per heavy atom. The number of benzene rings is 1. The maximum Gasteiger partial charge on any atom is 0.227 e. The molecule has 4 rings (SSSR count). The molecule has 3 heterocycles. The molecule has 0 radical (unpaired) electrons. The van der Waals surface area contributed by atoms with E-state index >= 15 is 0 Å². The van der Waals surface area contributed by atoms with Gasteiger partial charge >= 0.3 is 0 Å². The van der Waals surface area contributed by atoms with E-state index in [4.69, 9.17) is 4.98 Å². The highest BCUT2D eigenvalue weighted by Crippen LogP contribution is 2.32. The third-order valence-corrected chi connectivity index (χ3v) is 5.95. The van der Waals surface area contributed by atoms with Crippen molar-refractivity contribution < 1.29 is 9.59 Å². The van der Waals surface area contributed by atoms with Gasteiger partial charge in [-0.1, -0.05) is 6.07 Å². The molecule has 1 aromatic heterocycles. The fraction of sp³-hybridized carbons (Fsp3) is 0.421. The minimum absolute atomic E-state index is 0.174. The highest BCUT2D eigenvalue weighted by molar-refractivity contribution is 7.09. The van der Waals surface area contributed by atoms with Gasteiger partial charge in [-0.25, -0.2) is 4.98 Å². The molecular weight excluding hydrogens is 334 g/mol. The van der Waals surface area contributed by atoms with Crippen LogP contribution < -0.4 is 4.90 Å². The third-order valence-electron chi connectivity index (χ3n) is 5.04. The molecule has 0 N–H and O–H groups in total. The van der Waals surface area contributed by atoms with Crippen molar-refractivity contribution >= 4 is 28.8 Å². The molecule has 0 atom stereocenters. The molecule has 1 saturated heterocycles. The molecule has 5 nitrogen and oxygen atoms in total. The van der Waals surface area contributed by atoms with Gasteiger partial charge in [0, 0.05) is 56.0 Å². The summed E-state index contributed by atoms with van der Waals surface area (Å²) in [6.45, 7) is 1.65. The first kappa shape index (κ1) is 16.3. The SMILES string of the molecule is CN1C(=O)CCc2cc(-c3csc(CCN4CCCC4=O)n3)ccc21. The molecule has 1 aromatic carbocycles. The first-order valence-corrected chi connectivity index (χ1v) is 9.62. The molecular formula is C19H21N3O2S. The van der Waals surface area contributed by atoms with Gasteiger partial charge in [0.2, 0.25) is 11.8 Å². The molecule has 2 aromatic rings. The minimum atomic E-state index is 0.174. The van der Waals surface area contributed by atoms with Crippen LogP contribution in [0.4, 0.5) is 5.69 Å². The van der Waals surface area contributed by atoms with Gasteiger partial charge in [0.05, 0.1) is 10.7 Å². The van der Waals surface area contributed by atoms with Gasteiger partial charge in [0.15, 0.2) is 0 Å². The zero-order valence-corrected chi connectivity index (χ0v) is 15.1. The Hall–Kier alpha value is -2.21. The van der Waals surface area contributed by atoms with Crippen LogP contribution in [-0.2, 0) is 22.4 Å². The summed E-state index contributed by atoms with van der Waals surface area (Å²) in [7, 11) is 1.83. The van der Waals surface area contributed by atoms with E-state index in [2.05, 4.69) is 11.4 Å². The number of aryl methyl sites for hydroxylation is 1.